The Morgan fingerprint density at radius 3 is 2.41 bits per heavy atom. The third-order valence-electron chi connectivity index (χ3n) is 3.64. The van der Waals surface area contributed by atoms with Crippen LogP contribution in [0.15, 0.2) is 65.2 Å². The highest BCUT2D eigenvalue weighted by atomic mass is 32.2. The first-order valence-corrected chi connectivity index (χ1v) is 8.31. The summed E-state index contributed by atoms with van der Waals surface area (Å²) in [4.78, 5) is 11.3. The number of benzene rings is 2. The van der Waals surface area contributed by atoms with Gasteiger partial charge in [0.1, 0.15) is 6.29 Å². The van der Waals surface area contributed by atoms with Crippen molar-refractivity contribution in [3.63, 3.8) is 0 Å². The SMILES string of the molecule is Cc1ccc(S(=O)(=O)N2C=C(C=O)Cc3ccccc32)cc1. The van der Waals surface area contributed by atoms with E-state index < -0.39 is 10.0 Å². The molecule has 2 aromatic carbocycles. The van der Waals surface area contributed by atoms with Crippen molar-refractivity contribution < 1.29 is 13.2 Å². The van der Waals surface area contributed by atoms with Gasteiger partial charge in [-0.3, -0.25) is 4.79 Å². The van der Waals surface area contributed by atoms with Gasteiger partial charge in [-0.05, 0) is 30.7 Å². The lowest BCUT2D eigenvalue weighted by Gasteiger charge is -2.27. The number of carbonyl (C=O) groups excluding carboxylic acids is 1. The van der Waals surface area contributed by atoms with Crippen LogP contribution in [-0.2, 0) is 21.2 Å². The number of hydrogen-bond donors (Lipinski definition) is 0. The molecule has 3 rings (SSSR count). The van der Waals surface area contributed by atoms with Gasteiger partial charge in [0.25, 0.3) is 10.0 Å². The fourth-order valence-electron chi connectivity index (χ4n) is 2.46. The lowest BCUT2D eigenvalue weighted by atomic mass is 10.0. The van der Waals surface area contributed by atoms with Gasteiger partial charge in [-0.15, -0.1) is 0 Å². The van der Waals surface area contributed by atoms with E-state index in [2.05, 4.69) is 0 Å². The quantitative estimate of drug-likeness (QED) is 0.819. The van der Waals surface area contributed by atoms with E-state index in [4.69, 9.17) is 0 Å². The Morgan fingerprint density at radius 1 is 1.05 bits per heavy atom. The summed E-state index contributed by atoms with van der Waals surface area (Å²) in [6.45, 7) is 1.90. The molecule has 0 amide bonds. The minimum atomic E-state index is -3.74. The van der Waals surface area contributed by atoms with Gasteiger partial charge in [0.2, 0.25) is 0 Å². The van der Waals surface area contributed by atoms with Crippen LogP contribution in [0, 0.1) is 6.92 Å². The van der Waals surface area contributed by atoms with Crippen LogP contribution in [0.25, 0.3) is 0 Å². The fourth-order valence-corrected chi connectivity index (χ4v) is 3.87. The molecule has 0 aliphatic carbocycles. The third-order valence-corrected chi connectivity index (χ3v) is 5.32. The highest BCUT2D eigenvalue weighted by Crippen LogP contribution is 2.32. The number of aryl methyl sites for hydroxylation is 1. The number of anilines is 1. The number of rotatable bonds is 3. The topological polar surface area (TPSA) is 54.5 Å². The second-order valence-corrected chi connectivity index (χ2v) is 7.06. The highest BCUT2D eigenvalue weighted by Gasteiger charge is 2.28. The third kappa shape index (κ3) is 2.44. The Kier molecular flexibility index (Phi) is 3.58. The Labute approximate surface area is 129 Å². The molecule has 0 bridgehead atoms. The summed E-state index contributed by atoms with van der Waals surface area (Å²) in [5.41, 5.74) is 2.84. The van der Waals surface area contributed by atoms with Gasteiger partial charge in [0.05, 0.1) is 10.6 Å². The number of fused-ring (bicyclic) bond motifs is 1. The number of sulfonamides is 1. The molecule has 5 heteroatoms. The van der Waals surface area contributed by atoms with Crippen LogP contribution in [0.2, 0.25) is 0 Å². The molecular weight excluding hydrogens is 298 g/mol. The Bertz CT molecular complexity index is 852. The summed E-state index contributed by atoms with van der Waals surface area (Å²) >= 11 is 0. The van der Waals surface area contributed by atoms with Crippen LogP contribution in [0.4, 0.5) is 5.69 Å². The van der Waals surface area contributed by atoms with Crippen molar-refractivity contribution in [3.05, 3.63) is 71.4 Å². The molecule has 0 unspecified atom stereocenters. The van der Waals surface area contributed by atoms with Gasteiger partial charge in [0, 0.05) is 18.2 Å². The molecule has 0 saturated carbocycles. The van der Waals surface area contributed by atoms with Gasteiger partial charge < -0.3 is 0 Å². The highest BCUT2D eigenvalue weighted by molar-refractivity contribution is 7.93. The maximum absolute atomic E-state index is 12.9. The van der Waals surface area contributed by atoms with Crippen molar-refractivity contribution in [2.75, 3.05) is 4.31 Å². The number of hydrogen-bond acceptors (Lipinski definition) is 3. The van der Waals surface area contributed by atoms with Crippen LogP contribution in [0.3, 0.4) is 0 Å². The van der Waals surface area contributed by atoms with Crippen LogP contribution in [0.1, 0.15) is 11.1 Å². The number of nitrogens with zero attached hydrogens (tertiary/aromatic N) is 1. The molecule has 112 valence electrons. The van der Waals surface area contributed by atoms with E-state index in [1.165, 1.54) is 10.5 Å². The van der Waals surface area contributed by atoms with Crippen molar-refractivity contribution in [1.82, 2.24) is 0 Å². The normalized spacial score (nSPS) is 14.2. The molecule has 0 fully saturated rings. The predicted molar refractivity (Wildman–Crippen MR) is 85.1 cm³/mol. The smallest absolute Gasteiger partial charge is 0.268 e. The van der Waals surface area contributed by atoms with Crippen molar-refractivity contribution >= 4 is 22.0 Å². The molecule has 22 heavy (non-hydrogen) atoms. The molecule has 1 heterocycles. The molecule has 0 atom stereocenters. The summed E-state index contributed by atoms with van der Waals surface area (Å²) in [7, 11) is -3.74. The van der Waals surface area contributed by atoms with Crippen LogP contribution >= 0.6 is 0 Å². The maximum Gasteiger partial charge on any atom is 0.268 e. The first-order valence-electron chi connectivity index (χ1n) is 6.87. The molecule has 1 aliphatic heterocycles. The minimum absolute atomic E-state index is 0.205. The standard InChI is InChI=1S/C17H15NO3S/c1-13-6-8-16(9-7-13)22(20,21)18-11-14(12-19)10-15-4-2-3-5-17(15)18/h2-9,11-12H,10H2,1H3. The van der Waals surface area contributed by atoms with E-state index in [-0.39, 0.29) is 4.90 Å². The van der Waals surface area contributed by atoms with Crippen molar-refractivity contribution in [3.8, 4) is 0 Å². The number of carbonyl (C=O) groups is 1. The fraction of sp³-hybridized carbons (Fsp3) is 0.118. The van der Waals surface area contributed by atoms with Gasteiger partial charge in [0.15, 0.2) is 0 Å². The minimum Gasteiger partial charge on any atom is -0.298 e. The molecule has 0 radical (unpaired) electrons. The van der Waals surface area contributed by atoms with Gasteiger partial charge in [-0.2, -0.15) is 0 Å². The number of aldehydes is 1. The van der Waals surface area contributed by atoms with E-state index in [9.17, 15) is 13.2 Å². The second kappa shape index (κ2) is 5.42. The van der Waals surface area contributed by atoms with Crippen LogP contribution in [-0.4, -0.2) is 14.7 Å². The van der Waals surface area contributed by atoms with Gasteiger partial charge in [-0.25, -0.2) is 12.7 Å². The molecule has 0 aromatic heterocycles. The van der Waals surface area contributed by atoms with Crippen molar-refractivity contribution in [2.45, 2.75) is 18.2 Å². The largest absolute Gasteiger partial charge is 0.298 e. The molecule has 0 spiro atoms. The van der Waals surface area contributed by atoms with E-state index in [0.29, 0.717) is 24.0 Å². The maximum atomic E-state index is 12.9. The first-order chi connectivity index (χ1) is 10.5. The van der Waals surface area contributed by atoms with E-state index >= 15 is 0 Å². The lowest BCUT2D eigenvalue weighted by Crippen LogP contribution is -2.29. The summed E-state index contributed by atoms with van der Waals surface area (Å²) in [5.74, 6) is 0. The number of para-hydroxylation sites is 1. The first kappa shape index (κ1) is 14.5. The average molecular weight is 313 g/mol. The molecule has 1 aliphatic rings. The zero-order valence-electron chi connectivity index (χ0n) is 12.1. The molecule has 4 nitrogen and oxygen atoms in total. The Balaban J connectivity index is 2.15. The predicted octanol–water partition coefficient (Wildman–Crippen LogP) is 2.83. The Hall–Kier alpha value is -2.40. The average Bonchev–Trinajstić information content (AvgIpc) is 2.54. The van der Waals surface area contributed by atoms with Crippen molar-refractivity contribution in [1.29, 1.82) is 0 Å². The molecular formula is C17H15NO3S. The summed E-state index contributed by atoms with van der Waals surface area (Å²) in [5, 5.41) is 0. The zero-order chi connectivity index (χ0) is 15.7. The number of allylic oxidation sites excluding steroid dienone is 1. The van der Waals surface area contributed by atoms with Crippen molar-refractivity contribution in [2.24, 2.45) is 0 Å². The summed E-state index contributed by atoms with van der Waals surface area (Å²) < 4.78 is 27.0. The Morgan fingerprint density at radius 2 is 1.73 bits per heavy atom. The zero-order valence-corrected chi connectivity index (χ0v) is 12.9. The van der Waals surface area contributed by atoms with Crippen LogP contribution in [0.5, 0.6) is 0 Å². The van der Waals surface area contributed by atoms with E-state index in [0.717, 1.165) is 11.1 Å². The molecule has 2 aromatic rings. The van der Waals surface area contributed by atoms with Gasteiger partial charge in [-0.1, -0.05) is 35.9 Å². The monoisotopic (exact) mass is 313 g/mol. The summed E-state index contributed by atoms with van der Waals surface area (Å²) in [6, 6.07) is 13.9. The second-order valence-electron chi connectivity index (χ2n) is 5.24. The van der Waals surface area contributed by atoms with E-state index in [1.54, 1.807) is 36.4 Å². The molecule has 0 N–H and O–H groups in total. The van der Waals surface area contributed by atoms with E-state index in [1.807, 2.05) is 19.1 Å². The van der Waals surface area contributed by atoms with Gasteiger partial charge >= 0.3 is 0 Å². The summed E-state index contributed by atoms with van der Waals surface area (Å²) in [6.07, 6.45) is 2.55. The lowest BCUT2D eigenvalue weighted by molar-refractivity contribution is -0.105. The molecule has 0 saturated heterocycles. The van der Waals surface area contributed by atoms with Crippen LogP contribution < -0.4 is 4.31 Å².